The second-order valence-corrected chi connectivity index (χ2v) is 5.59. The molecule has 2 aromatic rings. The fourth-order valence-corrected chi connectivity index (χ4v) is 2.70. The highest BCUT2D eigenvalue weighted by atomic mass is 19.3. The van der Waals surface area contributed by atoms with Gasteiger partial charge in [-0.1, -0.05) is 24.3 Å². The number of benzene rings is 2. The first kappa shape index (κ1) is 15.7. The van der Waals surface area contributed by atoms with Crippen LogP contribution in [0.25, 0.3) is 0 Å². The van der Waals surface area contributed by atoms with Gasteiger partial charge in [0.15, 0.2) is 0 Å². The Hall–Kier alpha value is -2.14. The predicted molar refractivity (Wildman–Crippen MR) is 84.0 cm³/mol. The van der Waals surface area contributed by atoms with Crippen molar-refractivity contribution in [3.8, 4) is 11.5 Å². The Labute approximate surface area is 134 Å². The van der Waals surface area contributed by atoms with Crippen molar-refractivity contribution >= 4 is 0 Å². The van der Waals surface area contributed by atoms with E-state index in [1.54, 1.807) is 12.1 Å². The second kappa shape index (κ2) is 6.96. The molecule has 23 heavy (non-hydrogen) atoms. The van der Waals surface area contributed by atoms with E-state index in [9.17, 15) is 8.78 Å². The van der Waals surface area contributed by atoms with Gasteiger partial charge in [-0.2, -0.15) is 8.78 Å². The highest BCUT2D eigenvalue weighted by Crippen LogP contribution is 2.26. The monoisotopic (exact) mass is 319 g/mol. The van der Waals surface area contributed by atoms with Crippen LogP contribution < -0.4 is 14.8 Å². The zero-order chi connectivity index (χ0) is 16.2. The van der Waals surface area contributed by atoms with Gasteiger partial charge in [-0.3, -0.25) is 0 Å². The van der Waals surface area contributed by atoms with Gasteiger partial charge in [0.2, 0.25) is 0 Å². The lowest BCUT2D eigenvalue weighted by atomic mass is 10.1. The third-order valence-electron chi connectivity index (χ3n) is 3.95. The Morgan fingerprint density at radius 2 is 2.09 bits per heavy atom. The van der Waals surface area contributed by atoms with Gasteiger partial charge in [-0.05, 0) is 41.8 Å². The number of ether oxygens (including phenoxy) is 2. The summed E-state index contributed by atoms with van der Waals surface area (Å²) >= 11 is 0. The molecule has 3 rings (SSSR count). The normalized spacial score (nSPS) is 14.4. The lowest BCUT2D eigenvalue weighted by Gasteiger charge is -2.16. The summed E-state index contributed by atoms with van der Waals surface area (Å²) in [5.41, 5.74) is 3.33. The maximum atomic E-state index is 12.3. The maximum Gasteiger partial charge on any atom is 0.387 e. The highest BCUT2D eigenvalue weighted by molar-refractivity contribution is 5.40. The van der Waals surface area contributed by atoms with E-state index in [4.69, 9.17) is 4.74 Å². The Kier molecular flexibility index (Phi) is 4.76. The fourth-order valence-electron chi connectivity index (χ4n) is 2.70. The van der Waals surface area contributed by atoms with Gasteiger partial charge >= 0.3 is 6.61 Å². The largest absolute Gasteiger partial charge is 0.493 e. The van der Waals surface area contributed by atoms with Gasteiger partial charge in [0.25, 0.3) is 0 Å². The van der Waals surface area contributed by atoms with E-state index in [2.05, 4.69) is 16.1 Å². The summed E-state index contributed by atoms with van der Waals surface area (Å²) in [5, 5.41) is 3.40. The van der Waals surface area contributed by atoms with E-state index in [1.165, 1.54) is 17.2 Å². The van der Waals surface area contributed by atoms with E-state index in [0.29, 0.717) is 6.54 Å². The number of fused-ring (bicyclic) bond motifs is 1. The quantitative estimate of drug-likeness (QED) is 0.870. The van der Waals surface area contributed by atoms with Gasteiger partial charge < -0.3 is 14.8 Å². The van der Waals surface area contributed by atoms with Gasteiger partial charge in [0.05, 0.1) is 6.61 Å². The smallest absolute Gasteiger partial charge is 0.387 e. The van der Waals surface area contributed by atoms with Gasteiger partial charge in [0, 0.05) is 19.0 Å². The zero-order valence-electron chi connectivity index (χ0n) is 12.9. The molecule has 0 saturated heterocycles. The minimum Gasteiger partial charge on any atom is -0.493 e. The SMILES string of the molecule is CC(NCc1ccc2c(c1)CCO2)c1cccc(OC(F)F)c1. The molecule has 0 fully saturated rings. The van der Waals surface area contributed by atoms with Crippen molar-refractivity contribution in [1.29, 1.82) is 0 Å². The fraction of sp³-hybridized carbons (Fsp3) is 0.333. The molecule has 1 aliphatic rings. The number of halogens is 2. The predicted octanol–water partition coefficient (Wildman–Crippen LogP) is 4.07. The Morgan fingerprint density at radius 1 is 1.22 bits per heavy atom. The lowest BCUT2D eigenvalue weighted by molar-refractivity contribution is -0.0499. The van der Waals surface area contributed by atoms with E-state index >= 15 is 0 Å². The van der Waals surface area contributed by atoms with Gasteiger partial charge in [-0.15, -0.1) is 0 Å². The number of hydrogen-bond donors (Lipinski definition) is 1. The molecular formula is C18H19F2NO2. The zero-order valence-corrected chi connectivity index (χ0v) is 12.9. The van der Waals surface area contributed by atoms with Crippen LogP contribution in [0.1, 0.15) is 29.7 Å². The van der Waals surface area contributed by atoms with Gasteiger partial charge in [-0.25, -0.2) is 0 Å². The number of rotatable bonds is 6. The summed E-state index contributed by atoms with van der Waals surface area (Å²) in [4.78, 5) is 0. The van der Waals surface area contributed by atoms with Crippen molar-refractivity contribution in [2.45, 2.75) is 32.5 Å². The molecule has 2 aromatic carbocycles. The number of nitrogens with one attached hydrogen (secondary N) is 1. The molecule has 5 heteroatoms. The molecule has 0 radical (unpaired) electrons. The molecule has 1 atom stereocenters. The molecule has 1 N–H and O–H groups in total. The summed E-state index contributed by atoms with van der Waals surface area (Å²) in [6.07, 6.45) is 0.950. The molecular weight excluding hydrogens is 300 g/mol. The van der Waals surface area contributed by atoms with Crippen LogP contribution in [-0.2, 0) is 13.0 Å². The highest BCUT2D eigenvalue weighted by Gasteiger charge is 2.13. The van der Waals surface area contributed by atoms with Crippen molar-refractivity contribution in [1.82, 2.24) is 5.32 Å². The molecule has 0 spiro atoms. The van der Waals surface area contributed by atoms with Crippen LogP contribution >= 0.6 is 0 Å². The molecule has 122 valence electrons. The van der Waals surface area contributed by atoms with Gasteiger partial charge in [0.1, 0.15) is 11.5 Å². The summed E-state index contributed by atoms with van der Waals surface area (Å²) in [7, 11) is 0. The molecule has 1 aliphatic heterocycles. The third-order valence-corrected chi connectivity index (χ3v) is 3.95. The van der Waals surface area contributed by atoms with Crippen LogP contribution in [0.5, 0.6) is 11.5 Å². The Bertz CT molecular complexity index is 676. The first-order valence-electron chi connectivity index (χ1n) is 7.64. The number of hydrogen-bond acceptors (Lipinski definition) is 3. The molecule has 0 amide bonds. The Morgan fingerprint density at radius 3 is 2.91 bits per heavy atom. The summed E-state index contributed by atoms with van der Waals surface area (Å²) in [5.74, 6) is 1.15. The first-order valence-corrected chi connectivity index (χ1v) is 7.64. The van der Waals surface area contributed by atoms with E-state index in [1.807, 2.05) is 25.1 Å². The van der Waals surface area contributed by atoms with Crippen LogP contribution in [0.15, 0.2) is 42.5 Å². The van der Waals surface area contributed by atoms with Crippen molar-refractivity contribution in [3.63, 3.8) is 0 Å². The first-order chi connectivity index (χ1) is 11.1. The van der Waals surface area contributed by atoms with Crippen LogP contribution in [0.4, 0.5) is 8.78 Å². The molecule has 1 heterocycles. The van der Waals surface area contributed by atoms with Crippen molar-refractivity contribution in [2.75, 3.05) is 6.61 Å². The van der Waals surface area contributed by atoms with E-state index in [0.717, 1.165) is 24.3 Å². The van der Waals surface area contributed by atoms with E-state index < -0.39 is 6.61 Å². The summed E-state index contributed by atoms with van der Waals surface area (Å²) < 4.78 is 34.5. The van der Waals surface area contributed by atoms with Crippen molar-refractivity contribution in [3.05, 3.63) is 59.2 Å². The average Bonchev–Trinajstić information content (AvgIpc) is 3.00. The third kappa shape index (κ3) is 3.99. The Balaban J connectivity index is 1.62. The topological polar surface area (TPSA) is 30.5 Å². The molecule has 0 aromatic heterocycles. The molecule has 0 saturated carbocycles. The minimum absolute atomic E-state index is 0.0285. The van der Waals surface area contributed by atoms with Crippen LogP contribution in [0, 0.1) is 0 Å². The average molecular weight is 319 g/mol. The molecule has 0 aliphatic carbocycles. The maximum absolute atomic E-state index is 12.3. The van der Waals surface area contributed by atoms with Crippen LogP contribution in [0.3, 0.4) is 0 Å². The molecule has 1 unspecified atom stereocenters. The summed E-state index contributed by atoms with van der Waals surface area (Å²) in [6, 6.07) is 13.0. The standard InChI is InChI=1S/C18H19F2NO2/c1-12(14-3-2-4-16(10-14)23-18(19)20)21-11-13-5-6-17-15(9-13)7-8-22-17/h2-6,9-10,12,18,21H,7-8,11H2,1H3. The van der Waals surface area contributed by atoms with Crippen molar-refractivity contribution in [2.24, 2.45) is 0 Å². The molecule has 3 nitrogen and oxygen atoms in total. The number of alkyl halides is 2. The molecule has 0 bridgehead atoms. The summed E-state index contributed by atoms with van der Waals surface area (Å²) in [6.45, 7) is 0.647. The minimum atomic E-state index is -2.80. The van der Waals surface area contributed by atoms with E-state index in [-0.39, 0.29) is 11.8 Å². The second-order valence-electron chi connectivity index (χ2n) is 5.59. The lowest BCUT2D eigenvalue weighted by Crippen LogP contribution is -2.18. The van der Waals surface area contributed by atoms with Crippen LogP contribution in [0.2, 0.25) is 0 Å². The van der Waals surface area contributed by atoms with Crippen LogP contribution in [-0.4, -0.2) is 13.2 Å². The van der Waals surface area contributed by atoms with Crippen molar-refractivity contribution < 1.29 is 18.3 Å².